The minimum atomic E-state index is -0.0382. The Hall–Kier alpha value is -3.15. The van der Waals surface area contributed by atoms with Gasteiger partial charge in [-0.1, -0.05) is 12.1 Å². The van der Waals surface area contributed by atoms with Crippen molar-refractivity contribution in [2.75, 3.05) is 35.5 Å². The fourth-order valence-electron chi connectivity index (χ4n) is 2.74. The van der Waals surface area contributed by atoms with Crippen molar-refractivity contribution < 1.29 is 23.7 Å². The van der Waals surface area contributed by atoms with Crippen molar-refractivity contribution in [3.8, 4) is 23.0 Å². The fraction of sp³-hybridized carbons (Fsp3) is 0.286. The van der Waals surface area contributed by atoms with Crippen LogP contribution in [-0.2, 0) is 11.2 Å². The van der Waals surface area contributed by atoms with Gasteiger partial charge in [-0.3, -0.25) is 4.79 Å². The van der Waals surface area contributed by atoms with Crippen molar-refractivity contribution >= 4 is 11.4 Å². The molecular formula is C21H25NO5. The summed E-state index contributed by atoms with van der Waals surface area (Å²) in [5.41, 5.74) is 2.13. The number of Topliss-reactive ketones (excluding diaryl/α,β-unsaturated/α-hetero) is 1. The van der Waals surface area contributed by atoms with Crippen LogP contribution in [0.25, 0.3) is 5.57 Å². The molecule has 0 aliphatic carbocycles. The first-order valence-electron chi connectivity index (χ1n) is 8.41. The molecule has 6 heteroatoms. The Morgan fingerprint density at radius 3 is 1.96 bits per heavy atom. The van der Waals surface area contributed by atoms with Crippen LogP contribution in [0.15, 0.2) is 42.6 Å². The standard InChI is InChI=1S/C21H25NO5/c1-22-13-16(15-7-9-19(25-3)21(12-15)27-5)17(23)10-14-6-8-18(24-2)20(11-14)26-4/h6-9,11-13,22H,10H2,1-5H3. The molecule has 0 radical (unpaired) electrons. The van der Waals surface area contributed by atoms with Crippen molar-refractivity contribution in [3.05, 3.63) is 53.7 Å². The summed E-state index contributed by atoms with van der Waals surface area (Å²) in [4.78, 5) is 13.0. The zero-order valence-corrected chi connectivity index (χ0v) is 16.3. The molecule has 0 saturated heterocycles. The number of ketones is 1. The molecule has 0 unspecified atom stereocenters. The normalized spacial score (nSPS) is 10.9. The van der Waals surface area contributed by atoms with Crippen LogP contribution in [0.2, 0.25) is 0 Å². The minimum Gasteiger partial charge on any atom is -0.493 e. The topological polar surface area (TPSA) is 66.0 Å². The second-order valence-electron chi connectivity index (χ2n) is 5.71. The molecule has 2 aromatic carbocycles. The molecule has 144 valence electrons. The highest BCUT2D eigenvalue weighted by Crippen LogP contribution is 2.32. The van der Waals surface area contributed by atoms with Gasteiger partial charge in [0.05, 0.1) is 28.4 Å². The Balaban J connectivity index is 2.32. The molecule has 0 heterocycles. The Labute approximate surface area is 159 Å². The lowest BCUT2D eigenvalue weighted by atomic mass is 9.97. The number of rotatable bonds is 9. The number of allylic oxidation sites excluding steroid dienone is 1. The van der Waals surface area contributed by atoms with Gasteiger partial charge in [0.1, 0.15) is 0 Å². The number of methoxy groups -OCH3 is 4. The van der Waals surface area contributed by atoms with E-state index < -0.39 is 0 Å². The highest BCUT2D eigenvalue weighted by Gasteiger charge is 2.16. The van der Waals surface area contributed by atoms with Crippen LogP contribution in [0.1, 0.15) is 11.1 Å². The molecule has 0 bridgehead atoms. The van der Waals surface area contributed by atoms with Crippen LogP contribution >= 0.6 is 0 Å². The summed E-state index contributed by atoms with van der Waals surface area (Å²) in [6, 6.07) is 10.8. The Morgan fingerprint density at radius 1 is 0.852 bits per heavy atom. The van der Waals surface area contributed by atoms with E-state index in [9.17, 15) is 4.79 Å². The van der Waals surface area contributed by atoms with Crippen LogP contribution < -0.4 is 24.3 Å². The number of benzene rings is 2. The fourth-order valence-corrected chi connectivity index (χ4v) is 2.74. The van der Waals surface area contributed by atoms with Crippen molar-refractivity contribution in [1.29, 1.82) is 0 Å². The first-order valence-corrected chi connectivity index (χ1v) is 8.41. The van der Waals surface area contributed by atoms with E-state index in [1.54, 1.807) is 59.9 Å². The van der Waals surface area contributed by atoms with Gasteiger partial charge in [-0.05, 0) is 35.4 Å². The highest BCUT2D eigenvalue weighted by atomic mass is 16.5. The lowest BCUT2D eigenvalue weighted by molar-refractivity contribution is -0.113. The van der Waals surface area contributed by atoms with E-state index in [1.807, 2.05) is 18.2 Å². The van der Waals surface area contributed by atoms with Gasteiger partial charge in [0.2, 0.25) is 0 Å². The molecule has 0 fully saturated rings. The molecule has 2 aromatic rings. The Morgan fingerprint density at radius 2 is 1.41 bits per heavy atom. The summed E-state index contributed by atoms with van der Waals surface area (Å²) in [6.45, 7) is 0. The second kappa shape index (κ2) is 9.52. The lowest BCUT2D eigenvalue weighted by Gasteiger charge is -2.13. The molecule has 2 rings (SSSR count). The maximum absolute atomic E-state index is 13.0. The van der Waals surface area contributed by atoms with Crippen LogP contribution in [0, 0.1) is 0 Å². The third kappa shape index (κ3) is 4.73. The molecule has 0 aliphatic heterocycles. The summed E-state index contributed by atoms with van der Waals surface area (Å²) in [6.07, 6.45) is 1.91. The van der Waals surface area contributed by atoms with Crippen LogP contribution in [0.5, 0.6) is 23.0 Å². The van der Waals surface area contributed by atoms with E-state index in [-0.39, 0.29) is 12.2 Å². The van der Waals surface area contributed by atoms with E-state index in [2.05, 4.69) is 5.32 Å². The third-order valence-electron chi connectivity index (χ3n) is 4.10. The smallest absolute Gasteiger partial charge is 0.169 e. The van der Waals surface area contributed by atoms with Gasteiger partial charge in [0.25, 0.3) is 0 Å². The van der Waals surface area contributed by atoms with Crippen molar-refractivity contribution in [2.24, 2.45) is 0 Å². The average Bonchev–Trinajstić information content (AvgIpc) is 2.71. The molecule has 0 spiro atoms. The zero-order valence-electron chi connectivity index (χ0n) is 16.3. The van der Waals surface area contributed by atoms with Crippen molar-refractivity contribution in [2.45, 2.75) is 6.42 Å². The summed E-state index contributed by atoms with van der Waals surface area (Å²) in [5, 5.41) is 2.94. The second-order valence-corrected chi connectivity index (χ2v) is 5.71. The molecule has 1 N–H and O–H groups in total. The Bertz CT molecular complexity index is 829. The molecule has 0 atom stereocenters. The summed E-state index contributed by atoms with van der Waals surface area (Å²) in [5.74, 6) is 2.35. The summed E-state index contributed by atoms with van der Waals surface area (Å²) >= 11 is 0. The maximum Gasteiger partial charge on any atom is 0.169 e. The number of carbonyl (C=O) groups is 1. The quantitative estimate of drug-likeness (QED) is 0.684. The molecular weight excluding hydrogens is 346 g/mol. The SMILES string of the molecule is CNC=C(C(=O)Cc1ccc(OC)c(OC)c1)c1ccc(OC)c(OC)c1. The summed E-state index contributed by atoms with van der Waals surface area (Å²) < 4.78 is 21.2. The number of carbonyl (C=O) groups excluding carboxylic acids is 1. The first kappa shape index (κ1) is 20.2. The van der Waals surface area contributed by atoms with Crippen LogP contribution in [0.4, 0.5) is 0 Å². The van der Waals surface area contributed by atoms with E-state index in [0.717, 1.165) is 11.1 Å². The minimum absolute atomic E-state index is 0.0382. The lowest BCUT2D eigenvalue weighted by Crippen LogP contribution is -2.10. The molecule has 6 nitrogen and oxygen atoms in total. The third-order valence-corrected chi connectivity index (χ3v) is 4.10. The Kier molecular flexibility index (Phi) is 7.11. The molecule has 0 amide bonds. The van der Waals surface area contributed by atoms with Crippen LogP contribution in [0.3, 0.4) is 0 Å². The van der Waals surface area contributed by atoms with E-state index >= 15 is 0 Å². The number of hydrogen-bond donors (Lipinski definition) is 1. The van der Waals surface area contributed by atoms with Crippen LogP contribution in [-0.4, -0.2) is 41.3 Å². The van der Waals surface area contributed by atoms with Gasteiger partial charge in [-0.2, -0.15) is 0 Å². The average molecular weight is 371 g/mol. The maximum atomic E-state index is 13.0. The number of ether oxygens (including phenoxy) is 4. The van der Waals surface area contributed by atoms with Gasteiger partial charge >= 0.3 is 0 Å². The van der Waals surface area contributed by atoms with Gasteiger partial charge in [0.15, 0.2) is 28.8 Å². The monoisotopic (exact) mass is 371 g/mol. The number of hydrogen-bond acceptors (Lipinski definition) is 6. The van der Waals surface area contributed by atoms with E-state index in [0.29, 0.717) is 28.6 Å². The summed E-state index contributed by atoms with van der Waals surface area (Å²) in [7, 11) is 8.04. The largest absolute Gasteiger partial charge is 0.493 e. The first-order chi connectivity index (χ1) is 13.1. The predicted molar refractivity (Wildman–Crippen MR) is 105 cm³/mol. The van der Waals surface area contributed by atoms with Gasteiger partial charge in [0, 0.05) is 25.2 Å². The predicted octanol–water partition coefficient (Wildman–Crippen LogP) is 3.09. The van der Waals surface area contributed by atoms with E-state index in [4.69, 9.17) is 18.9 Å². The molecule has 0 saturated carbocycles. The van der Waals surface area contributed by atoms with Crippen molar-refractivity contribution in [3.63, 3.8) is 0 Å². The zero-order chi connectivity index (χ0) is 19.8. The number of nitrogens with one attached hydrogen (secondary N) is 1. The molecule has 0 aliphatic rings. The van der Waals surface area contributed by atoms with Gasteiger partial charge in [-0.25, -0.2) is 0 Å². The van der Waals surface area contributed by atoms with Gasteiger partial charge in [-0.15, -0.1) is 0 Å². The van der Waals surface area contributed by atoms with Crippen molar-refractivity contribution in [1.82, 2.24) is 5.32 Å². The highest BCUT2D eigenvalue weighted by molar-refractivity contribution is 6.21. The van der Waals surface area contributed by atoms with Gasteiger partial charge < -0.3 is 24.3 Å². The molecule has 27 heavy (non-hydrogen) atoms. The molecule has 0 aromatic heterocycles. The van der Waals surface area contributed by atoms with E-state index in [1.165, 1.54) is 0 Å².